The fraction of sp³-hybridized carbons (Fsp3) is 0.619. The summed E-state index contributed by atoms with van der Waals surface area (Å²) >= 11 is 0. The highest BCUT2D eigenvalue weighted by Gasteiger charge is 2.43. The van der Waals surface area contributed by atoms with Gasteiger partial charge in [0, 0.05) is 44.6 Å². The van der Waals surface area contributed by atoms with Crippen molar-refractivity contribution in [2.45, 2.75) is 44.8 Å². The first kappa shape index (κ1) is 18.4. The summed E-state index contributed by atoms with van der Waals surface area (Å²) in [7, 11) is 0. The van der Waals surface area contributed by atoms with Crippen LogP contribution in [0.5, 0.6) is 0 Å². The van der Waals surface area contributed by atoms with Gasteiger partial charge in [-0.1, -0.05) is 26.0 Å². The Morgan fingerprint density at radius 3 is 2.33 bits per heavy atom. The Morgan fingerprint density at radius 1 is 1.11 bits per heavy atom. The number of anilines is 1. The van der Waals surface area contributed by atoms with Gasteiger partial charge < -0.3 is 19.3 Å². The number of nitrogens with zero attached hydrogens (tertiary/aromatic N) is 2. The van der Waals surface area contributed by atoms with Crippen LogP contribution in [-0.4, -0.2) is 55.3 Å². The van der Waals surface area contributed by atoms with Crippen molar-refractivity contribution < 1.29 is 19.1 Å². The Hall–Kier alpha value is -1.92. The summed E-state index contributed by atoms with van der Waals surface area (Å²) < 4.78 is 11.5. The Bertz CT molecular complexity index is 699. The summed E-state index contributed by atoms with van der Waals surface area (Å²) in [6.45, 7) is 7.29. The number of carbonyl (C=O) groups is 2. The molecule has 0 aliphatic carbocycles. The fourth-order valence-corrected chi connectivity index (χ4v) is 4.27. The molecule has 27 heavy (non-hydrogen) atoms. The lowest BCUT2D eigenvalue weighted by molar-refractivity contribution is -0.188. The summed E-state index contributed by atoms with van der Waals surface area (Å²) in [4.78, 5) is 29.1. The van der Waals surface area contributed by atoms with Crippen molar-refractivity contribution in [1.82, 2.24) is 4.90 Å². The van der Waals surface area contributed by atoms with Crippen molar-refractivity contribution in [2.75, 3.05) is 37.7 Å². The SMILES string of the molecule is CC(C)c1ccc(N2CC(C(=O)N3CCC4(CC3)OCCO4)CC2=O)cc1. The van der Waals surface area contributed by atoms with Crippen molar-refractivity contribution in [1.29, 1.82) is 0 Å². The fourth-order valence-electron chi connectivity index (χ4n) is 4.27. The van der Waals surface area contributed by atoms with Gasteiger partial charge in [-0.05, 0) is 23.6 Å². The van der Waals surface area contributed by atoms with Crippen molar-refractivity contribution >= 4 is 17.5 Å². The summed E-state index contributed by atoms with van der Waals surface area (Å²) in [6.07, 6.45) is 1.71. The molecule has 1 aromatic rings. The summed E-state index contributed by atoms with van der Waals surface area (Å²) in [5.41, 5.74) is 2.13. The molecule has 0 saturated carbocycles. The molecule has 1 aromatic carbocycles. The molecule has 0 bridgehead atoms. The van der Waals surface area contributed by atoms with Crippen LogP contribution >= 0.6 is 0 Å². The maximum absolute atomic E-state index is 12.9. The maximum Gasteiger partial charge on any atom is 0.228 e. The lowest BCUT2D eigenvalue weighted by Crippen LogP contribution is -2.49. The Kier molecular flexibility index (Phi) is 4.95. The van der Waals surface area contributed by atoms with E-state index in [1.807, 2.05) is 17.0 Å². The van der Waals surface area contributed by atoms with E-state index < -0.39 is 5.79 Å². The normalized spacial score (nSPS) is 25.0. The Morgan fingerprint density at radius 2 is 1.74 bits per heavy atom. The highest BCUT2D eigenvalue weighted by Crippen LogP contribution is 2.33. The van der Waals surface area contributed by atoms with Crippen LogP contribution in [0.2, 0.25) is 0 Å². The van der Waals surface area contributed by atoms with Crippen LogP contribution in [0.25, 0.3) is 0 Å². The average molecular weight is 372 g/mol. The van der Waals surface area contributed by atoms with E-state index in [2.05, 4.69) is 26.0 Å². The molecule has 4 rings (SSSR count). The van der Waals surface area contributed by atoms with E-state index in [1.165, 1.54) is 5.56 Å². The second-order valence-electron chi connectivity index (χ2n) is 8.08. The summed E-state index contributed by atoms with van der Waals surface area (Å²) in [6, 6.07) is 8.10. The van der Waals surface area contributed by atoms with Gasteiger partial charge in [-0.3, -0.25) is 9.59 Å². The van der Waals surface area contributed by atoms with E-state index in [-0.39, 0.29) is 17.7 Å². The Labute approximate surface area is 160 Å². The van der Waals surface area contributed by atoms with Crippen LogP contribution in [-0.2, 0) is 19.1 Å². The van der Waals surface area contributed by atoms with Gasteiger partial charge >= 0.3 is 0 Å². The van der Waals surface area contributed by atoms with Gasteiger partial charge in [0.1, 0.15) is 0 Å². The molecule has 0 aromatic heterocycles. The van der Waals surface area contributed by atoms with E-state index in [4.69, 9.17) is 9.47 Å². The minimum absolute atomic E-state index is 0.0292. The van der Waals surface area contributed by atoms with Gasteiger partial charge in [0.05, 0.1) is 19.1 Å². The number of carbonyl (C=O) groups excluding carboxylic acids is 2. The first-order chi connectivity index (χ1) is 13.0. The molecule has 3 fully saturated rings. The molecule has 6 nitrogen and oxygen atoms in total. The third-order valence-corrected chi connectivity index (χ3v) is 6.00. The minimum atomic E-state index is -0.480. The van der Waals surface area contributed by atoms with E-state index >= 15 is 0 Å². The predicted octanol–water partition coefficient (Wildman–Crippen LogP) is 2.53. The van der Waals surface area contributed by atoms with Gasteiger partial charge in [-0.25, -0.2) is 0 Å². The number of benzene rings is 1. The molecule has 3 aliphatic rings. The highest BCUT2D eigenvalue weighted by molar-refractivity contribution is 6.00. The zero-order chi connectivity index (χ0) is 19.0. The third kappa shape index (κ3) is 3.60. The quantitative estimate of drug-likeness (QED) is 0.818. The molecule has 6 heteroatoms. The molecule has 146 valence electrons. The largest absolute Gasteiger partial charge is 0.347 e. The molecule has 0 N–H and O–H groups in total. The Balaban J connectivity index is 1.38. The lowest BCUT2D eigenvalue weighted by Gasteiger charge is -2.38. The number of piperidine rings is 1. The average Bonchev–Trinajstić information content (AvgIpc) is 3.29. The summed E-state index contributed by atoms with van der Waals surface area (Å²) in [5.74, 6) is -0.175. The minimum Gasteiger partial charge on any atom is -0.347 e. The van der Waals surface area contributed by atoms with Crippen molar-refractivity contribution in [3.63, 3.8) is 0 Å². The van der Waals surface area contributed by atoms with Crippen molar-refractivity contribution in [3.05, 3.63) is 29.8 Å². The lowest BCUT2D eigenvalue weighted by atomic mass is 10.0. The number of rotatable bonds is 3. The van der Waals surface area contributed by atoms with Crippen molar-refractivity contribution in [3.8, 4) is 0 Å². The molecular formula is C21H28N2O4. The molecule has 2 amide bonds. The predicted molar refractivity (Wildman–Crippen MR) is 101 cm³/mol. The number of ether oxygens (including phenoxy) is 2. The van der Waals surface area contributed by atoms with Gasteiger partial charge in [0.15, 0.2) is 5.79 Å². The van der Waals surface area contributed by atoms with Gasteiger partial charge in [-0.2, -0.15) is 0 Å². The first-order valence-corrected chi connectivity index (χ1v) is 9.94. The smallest absolute Gasteiger partial charge is 0.228 e. The number of likely N-dealkylation sites (tertiary alicyclic amines) is 1. The van der Waals surface area contributed by atoms with Crippen LogP contribution in [0.4, 0.5) is 5.69 Å². The first-order valence-electron chi connectivity index (χ1n) is 9.94. The monoisotopic (exact) mass is 372 g/mol. The maximum atomic E-state index is 12.9. The molecule has 1 atom stereocenters. The zero-order valence-electron chi connectivity index (χ0n) is 16.1. The second-order valence-corrected chi connectivity index (χ2v) is 8.08. The molecule has 0 radical (unpaired) electrons. The zero-order valence-corrected chi connectivity index (χ0v) is 16.1. The molecule has 3 saturated heterocycles. The molecule has 1 unspecified atom stereocenters. The third-order valence-electron chi connectivity index (χ3n) is 6.00. The summed E-state index contributed by atoms with van der Waals surface area (Å²) in [5, 5.41) is 0. The number of hydrogen-bond acceptors (Lipinski definition) is 4. The molecule has 3 heterocycles. The topological polar surface area (TPSA) is 59.1 Å². The second kappa shape index (κ2) is 7.24. The van der Waals surface area contributed by atoms with Gasteiger partial charge in [-0.15, -0.1) is 0 Å². The standard InChI is InChI=1S/C21H28N2O4/c1-15(2)16-3-5-18(6-4-16)23-14-17(13-19(23)24)20(25)22-9-7-21(8-10-22)26-11-12-27-21/h3-6,15,17H,7-14H2,1-2H3. The van der Waals surface area contributed by atoms with Gasteiger partial charge in [0.2, 0.25) is 11.8 Å². The van der Waals surface area contributed by atoms with E-state index in [0.717, 1.165) is 5.69 Å². The van der Waals surface area contributed by atoms with E-state index in [0.29, 0.717) is 58.0 Å². The molecule has 1 spiro atoms. The van der Waals surface area contributed by atoms with E-state index in [9.17, 15) is 9.59 Å². The van der Waals surface area contributed by atoms with Crippen LogP contribution in [0.3, 0.4) is 0 Å². The van der Waals surface area contributed by atoms with Crippen LogP contribution in [0.15, 0.2) is 24.3 Å². The van der Waals surface area contributed by atoms with Crippen LogP contribution < -0.4 is 4.90 Å². The molecule has 3 aliphatic heterocycles. The van der Waals surface area contributed by atoms with Crippen molar-refractivity contribution in [2.24, 2.45) is 5.92 Å². The number of hydrogen-bond donors (Lipinski definition) is 0. The van der Waals surface area contributed by atoms with Crippen LogP contribution in [0, 0.1) is 5.92 Å². The highest BCUT2D eigenvalue weighted by atomic mass is 16.7. The molecular weight excluding hydrogens is 344 g/mol. The number of amides is 2. The van der Waals surface area contributed by atoms with Gasteiger partial charge in [0.25, 0.3) is 0 Å². The van der Waals surface area contributed by atoms with Crippen LogP contribution in [0.1, 0.15) is 44.6 Å². The van der Waals surface area contributed by atoms with E-state index in [1.54, 1.807) is 4.90 Å².